The second kappa shape index (κ2) is 17.5. The lowest BCUT2D eigenvalue weighted by Crippen LogP contribution is -2.66. The summed E-state index contributed by atoms with van der Waals surface area (Å²) in [5.41, 5.74) is 0.697. The number of hydrogen-bond donors (Lipinski definition) is 0. The maximum Gasteiger partial charge on any atom is 0.335 e. The van der Waals surface area contributed by atoms with E-state index in [9.17, 15) is 4.79 Å². The molecule has 0 aliphatic carbocycles. The maximum absolute atomic E-state index is 12.7. The summed E-state index contributed by atoms with van der Waals surface area (Å²) in [4.78, 5) is 12.7. The van der Waals surface area contributed by atoms with Crippen LogP contribution in [-0.2, 0) is 54.4 Å². The lowest BCUT2D eigenvalue weighted by molar-refractivity contribution is -0.152. The average Bonchev–Trinajstić information content (AvgIpc) is 3.52. The Morgan fingerprint density at radius 2 is 0.981 bits per heavy atom. The molecule has 12 nitrogen and oxygen atoms in total. The zero-order valence-corrected chi connectivity index (χ0v) is 41.1. The summed E-state index contributed by atoms with van der Waals surface area (Å²) in [7, 11) is -7.56. The van der Waals surface area contributed by atoms with Gasteiger partial charge in [0.05, 0.1) is 13.2 Å². The number of rotatable bonds is 10. The van der Waals surface area contributed by atoms with E-state index in [0.29, 0.717) is 24.3 Å². The molecule has 2 unspecified atom stereocenters. The van der Waals surface area contributed by atoms with Gasteiger partial charge in [-0.15, -0.1) is 0 Å². The smallest absolute Gasteiger partial charge is 0.335 e. The minimum absolute atomic E-state index is 0.161. The van der Waals surface area contributed by atoms with E-state index in [-0.39, 0.29) is 51.2 Å². The maximum atomic E-state index is 12.7. The first kappa shape index (κ1) is 47.1. The van der Waals surface area contributed by atoms with Gasteiger partial charge in [0, 0.05) is 14.2 Å². The van der Waals surface area contributed by atoms with Crippen molar-refractivity contribution in [2.24, 2.45) is 0 Å². The first-order chi connectivity index (χ1) is 25.0. The van der Waals surface area contributed by atoms with Gasteiger partial charge in [0.2, 0.25) is 12.1 Å². The largest absolute Gasteiger partial charge is 0.414 e. The third kappa shape index (κ3) is 8.01. The molecule has 5 fully saturated rings. The van der Waals surface area contributed by atoms with Crippen molar-refractivity contribution in [1.82, 2.24) is 0 Å². The van der Waals surface area contributed by atoms with Crippen molar-refractivity contribution in [3.8, 4) is 0 Å². The first-order valence-electron chi connectivity index (χ1n) is 20.2. The summed E-state index contributed by atoms with van der Waals surface area (Å²) in [6.45, 7) is 35.6. The van der Waals surface area contributed by atoms with Gasteiger partial charge in [-0.05, 0) is 44.3 Å². The van der Waals surface area contributed by atoms with Crippen LogP contribution in [0.2, 0.25) is 44.3 Å². The second-order valence-electron chi connectivity index (χ2n) is 18.2. The number of ketones is 1. The minimum atomic E-state index is -2.77. The number of epoxide rings is 1. The topological polar surface area (TPSA) is 122 Å². The van der Waals surface area contributed by atoms with Crippen molar-refractivity contribution in [2.45, 2.75) is 203 Å². The van der Waals surface area contributed by atoms with E-state index in [1.54, 1.807) is 7.11 Å². The van der Waals surface area contributed by atoms with Gasteiger partial charge < -0.3 is 49.6 Å². The van der Waals surface area contributed by atoms with Gasteiger partial charge in [-0.2, -0.15) is 0 Å². The third-order valence-corrected chi connectivity index (χ3v) is 33.2. The van der Waals surface area contributed by atoms with Gasteiger partial charge in [0.15, 0.2) is 17.5 Å². The van der Waals surface area contributed by atoms with Crippen LogP contribution in [0.3, 0.4) is 0 Å². The Balaban J connectivity index is 0.000000241. The Morgan fingerprint density at radius 3 is 1.33 bits per heavy atom. The molecule has 8 atom stereocenters. The van der Waals surface area contributed by atoms with E-state index >= 15 is 0 Å². The van der Waals surface area contributed by atoms with Gasteiger partial charge in [-0.3, -0.25) is 4.79 Å². The lowest BCUT2D eigenvalue weighted by Gasteiger charge is -2.51. The van der Waals surface area contributed by atoms with Crippen molar-refractivity contribution in [2.75, 3.05) is 27.4 Å². The molecule has 0 radical (unpaired) electrons. The molecule has 5 heterocycles. The number of Topliss-reactive ketones (excluding diaryl/α,β-unsaturated/α-hetero) is 1. The van der Waals surface area contributed by atoms with Crippen LogP contribution in [0.1, 0.15) is 111 Å². The summed E-state index contributed by atoms with van der Waals surface area (Å²) >= 11 is 6.43. The van der Waals surface area contributed by atoms with Gasteiger partial charge in [0.25, 0.3) is 0 Å². The molecule has 0 N–H and O–H groups in total. The molecule has 0 bridgehead atoms. The molecule has 5 rings (SSSR count). The van der Waals surface area contributed by atoms with E-state index in [1.165, 1.54) is 7.11 Å². The van der Waals surface area contributed by atoms with Crippen molar-refractivity contribution in [1.29, 1.82) is 0 Å². The highest BCUT2D eigenvalue weighted by Crippen LogP contribution is 2.57. The van der Waals surface area contributed by atoms with Crippen LogP contribution < -0.4 is 0 Å². The average molecular weight is 858 g/mol. The van der Waals surface area contributed by atoms with E-state index in [2.05, 4.69) is 111 Å². The molecule has 5 saturated heterocycles. The third-order valence-electron chi connectivity index (χ3n) is 12.3. The quantitative estimate of drug-likeness (QED) is 0.119. The van der Waals surface area contributed by atoms with Crippen molar-refractivity contribution >= 4 is 51.6 Å². The highest BCUT2D eigenvalue weighted by atomic mass is 35.5. The molecule has 54 heavy (non-hydrogen) atoms. The molecule has 0 saturated carbocycles. The molecular formula is C37H73ClO12Si4. The first-order valence-corrected chi connectivity index (χ1v) is 28.6. The molecule has 5 aliphatic heterocycles. The van der Waals surface area contributed by atoms with Crippen LogP contribution in [0.4, 0.5) is 0 Å². The fraction of sp³-hybridized carbons (Fsp3) is 0.973. The highest BCUT2D eigenvalue weighted by molar-refractivity contribution is 6.84. The summed E-state index contributed by atoms with van der Waals surface area (Å²) in [6.07, 6.45) is -3.21. The van der Waals surface area contributed by atoms with Crippen LogP contribution >= 0.6 is 11.6 Å². The van der Waals surface area contributed by atoms with Gasteiger partial charge >= 0.3 is 34.2 Å². The van der Waals surface area contributed by atoms with Gasteiger partial charge in [-0.25, -0.2) is 0 Å². The Labute approximate surface area is 335 Å². The summed E-state index contributed by atoms with van der Waals surface area (Å²) in [6, 6.07) is 0. The molecular weight excluding hydrogens is 784 g/mol. The number of carbonyl (C=O) groups is 1. The van der Waals surface area contributed by atoms with E-state index in [1.807, 2.05) is 0 Å². The standard InChI is InChI=1S/C19H37ClO6Si2.C18H36O6Si2/c1-11(2)27(12(3)4)22-10-15-16(19(17(20)24-19)18(21-9)23-15)25-28(26-27,13(5)6)14(7)8;1-11(2)25(12(3)4)21-10-15-17(16(19)18(20-9)22-15)23-26(24-25,13(5)6)14(7)8/h11-18H,10H2,1-9H3;11-15,17-18H,10H2,1-9H3/t15-,16+,17?,18-,19?;15-,17+,18-/m11/s1. The second-order valence-corrected chi connectivity index (χ2v) is 36.3. The number of ether oxygens (including phenoxy) is 5. The molecule has 0 amide bonds. The number of methoxy groups -OCH3 is 2. The molecule has 1 spiro atoms. The number of alkyl halides is 1. The molecule has 0 aromatic carbocycles. The number of carbonyl (C=O) groups excluding carboxylic acids is 1. The van der Waals surface area contributed by atoms with Crippen molar-refractivity contribution in [3.05, 3.63) is 0 Å². The lowest BCUT2D eigenvalue weighted by atomic mass is 10.0. The molecule has 316 valence electrons. The van der Waals surface area contributed by atoms with Crippen LogP contribution in [-0.4, -0.2) is 116 Å². The number of fused-ring (bicyclic) bond motifs is 3. The Morgan fingerprint density at radius 1 is 0.593 bits per heavy atom. The summed E-state index contributed by atoms with van der Waals surface area (Å²) < 4.78 is 69.8. The van der Waals surface area contributed by atoms with Gasteiger partial charge in [0.1, 0.15) is 24.4 Å². The number of halogens is 1. The minimum Gasteiger partial charge on any atom is -0.414 e. The summed E-state index contributed by atoms with van der Waals surface area (Å²) in [5.74, 6) is -0.161. The fourth-order valence-corrected chi connectivity index (χ4v) is 31.9. The van der Waals surface area contributed by atoms with E-state index in [0.717, 1.165) is 0 Å². The van der Waals surface area contributed by atoms with Crippen LogP contribution in [0.15, 0.2) is 0 Å². The molecule has 0 aromatic heterocycles. The van der Waals surface area contributed by atoms with Crippen LogP contribution in [0.25, 0.3) is 0 Å². The number of hydrogen-bond acceptors (Lipinski definition) is 12. The SMILES string of the molecule is CO[C@@H]1O[C@@H]2CO[Si](C(C)C)(C(C)C)O[Si](C(C)C)(C(C)C)O[C@@H]2C12OC2Cl.CO[C@@H]1O[C@@H]2CO[Si](C(C)C)(C(C)C)O[Si](C(C)C)(C(C)C)O[C@@H]2C1=O. The van der Waals surface area contributed by atoms with Crippen molar-refractivity contribution < 1.29 is 54.4 Å². The highest BCUT2D eigenvalue weighted by Gasteiger charge is 2.76. The predicted molar refractivity (Wildman–Crippen MR) is 217 cm³/mol. The zero-order valence-electron chi connectivity index (χ0n) is 36.4. The monoisotopic (exact) mass is 856 g/mol. The Bertz CT molecular complexity index is 1240. The van der Waals surface area contributed by atoms with Crippen LogP contribution in [0.5, 0.6) is 0 Å². The molecule has 17 heteroatoms. The Hall–Kier alpha value is 0.388. The molecule has 0 aromatic rings. The fourth-order valence-electron chi connectivity index (χ4n) is 9.09. The van der Waals surface area contributed by atoms with Gasteiger partial charge in [-0.1, -0.05) is 122 Å². The molecule has 5 aliphatic rings. The predicted octanol–water partition coefficient (Wildman–Crippen LogP) is 8.53. The van der Waals surface area contributed by atoms with E-state index < -0.39 is 70.2 Å². The van der Waals surface area contributed by atoms with E-state index in [4.69, 9.17) is 61.2 Å². The van der Waals surface area contributed by atoms with Crippen molar-refractivity contribution in [3.63, 3.8) is 0 Å². The Kier molecular flexibility index (Phi) is 15.3. The zero-order chi connectivity index (χ0) is 40.9. The van der Waals surface area contributed by atoms with Crippen LogP contribution in [0, 0.1) is 0 Å². The summed E-state index contributed by atoms with van der Waals surface area (Å²) in [5, 5.41) is 0. The normalized spacial score (nSPS) is 35.8.